The number of halogens is 1. The maximum Gasteiger partial charge on any atom is 0.330 e. The summed E-state index contributed by atoms with van der Waals surface area (Å²) in [6.07, 6.45) is 0.631. The SMILES string of the molecule is C#C[C@@]1(N)C(O)[C@@H]([C@H](C)O)O[C@H]1n1cc(F)c(=O)[nH]c1=O. The fourth-order valence-corrected chi connectivity index (χ4v) is 2.22. The van der Waals surface area contributed by atoms with E-state index in [2.05, 4.69) is 5.92 Å². The van der Waals surface area contributed by atoms with E-state index in [1.807, 2.05) is 0 Å². The van der Waals surface area contributed by atoms with E-state index in [9.17, 15) is 24.2 Å². The van der Waals surface area contributed by atoms with Crippen LogP contribution in [0.5, 0.6) is 0 Å². The van der Waals surface area contributed by atoms with Crippen LogP contribution in [0.4, 0.5) is 4.39 Å². The van der Waals surface area contributed by atoms with Crippen LogP contribution in [0.15, 0.2) is 15.8 Å². The van der Waals surface area contributed by atoms with Crippen molar-refractivity contribution >= 4 is 0 Å². The van der Waals surface area contributed by atoms with Crippen molar-refractivity contribution < 1.29 is 19.3 Å². The minimum Gasteiger partial charge on any atom is -0.391 e. The van der Waals surface area contributed by atoms with Crippen molar-refractivity contribution in [1.82, 2.24) is 9.55 Å². The highest BCUT2D eigenvalue weighted by Crippen LogP contribution is 2.36. The molecule has 0 amide bonds. The molecule has 8 nitrogen and oxygen atoms in total. The Morgan fingerprint density at radius 3 is 2.81 bits per heavy atom. The first-order valence-corrected chi connectivity index (χ1v) is 6.01. The molecule has 5 atom stereocenters. The van der Waals surface area contributed by atoms with Crippen molar-refractivity contribution in [1.29, 1.82) is 0 Å². The van der Waals surface area contributed by atoms with Gasteiger partial charge in [-0.25, -0.2) is 4.79 Å². The molecule has 1 aromatic heterocycles. The summed E-state index contributed by atoms with van der Waals surface area (Å²) in [7, 11) is 0. The third-order valence-electron chi connectivity index (χ3n) is 3.40. The van der Waals surface area contributed by atoms with Crippen molar-refractivity contribution in [3.05, 3.63) is 32.9 Å². The Balaban J connectivity index is 2.58. The van der Waals surface area contributed by atoms with Gasteiger partial charge in [0.05, 0.1) is 12.3 Å². The van der Waals surface area contributed by atoms with Crippen LogP contribution in [0, 0.1) is 18.2 Å². The van der Waals surface area contributed by atoms with Crippen LogP contribution in [-0.2, 0) is 4.74 Å². The van der Waals surface area contributed by atoms with E-state index in [4.69, 9.17) is 16.9 Å². The number of aromatic amines is 1. The van der Waals surface area contributed by atoms with E-state index < -0.39 is 47.1 Å². The van der Waals surface area contributed by atoms with Gasteiger partial charge >= 0.3 is 5.69 Å². The normalized spacial score (nSPS) is 33.6. The molecule has 1 saturated heterocycles. The highest BCUT2D eigenvalue weighted by molar-refractivity contribution is 5.23. The van der Waals surface area contributed by atoms with Gasteiger partial charge in [-0.05, 0) is 6.92 Å². The summed E-state index contributed by atoms with van der Waals surface area (Å²) in [6, 6.07) is 0. The number of terminal acetylenes is 1. The lowest BCUT2D eigenvalue weighted by atomic mass is 9.90. The first-order valence-electron chi connectivity index (χ1n) is 6.01. The summed E-state index contributed by atoms with van der Waals surface area (Å²) in [5, 5.41) is 19.6. The molecule has 0 saturated carbocycles. The van der Waals surface area contributed by atoms with Gasteiger partial charge in [0.25, 0.3) is 5.56 Å². The fourth-order valence-electron chi connectivity index (χ4n) is 2.22. The third-order valence-corrected chi connectivity index (χ3v) is 3.40. The summed E-state index contributed by atoms with van der Waals surface area (Å²) in [5.74, 6) is 0.859. The molecule has 1 aliphatic heterocycles. The van der Waals surface area contributed by atoms with Crippen LogP contribution < -0.4 is 17.0 Å². The topological polar surface area (TPSA) is 131 Å². The Morgan fingerprint density at radius 1 is 1.67 bits per heavy atom. The Bertz CT molecular complexity index is 706. The highest BCUT2D eigenvalue weighted by Gasteiger charge is 2.55. The maximum absolute atomic E-state index is 13.4. The van der Waals surface area contributed by atoms with E-state index in [0.29, 0.717) is 10.8 Å². The second kappa shape index (κ2) is 5.09. The number of hydrogen-bond acceptors (Lipinski definition) is 6. The van der Waals surface area contributed by atoms with E-state index in [-0.39, 0.29) is 0 Å². The highest BCUT2D eigenvalue weighted by atomic mass is 19.1. The molecule has 0 aliphatic carbocycles. The summed E-state index contributed by atoms with van der Waals surface area (Å²) >= 11 is 0. The molecule has 2 heterocycles. The fraction of sp³-hybridized carbons (Fsp3) is 0.500. The molecule has 1 aromatic rings. The molecule has 2 rings (SSSR count). The van der Waals surface area contributed by atoms with Gasteiger partial charge in [-0.3, -0.25) is 14.3 Å². The number of rotatable bonds is 2. The van der Waals surface area contributed by atoms with E-state index in [1.165, 1.54) is 6.92 Å². The molecular weight excluding hydrogens is 285 g/mol. The average Bonchev–Trinajstić information content (AvgIpc) is 2.68. The zero-order valence-electron chi connectivity index (χ0n) is 11.0. The summed E-state index contributed by atoms with van der Waals surface area (Å²) < 4.78 is 19.3. The van der Waals surface area contributed by atoms with Crippen molar-refractivity contribution in [2.45, 2.75) is 37.0 Å². The van der Waals surface area contributed by atoms with Gasteiger partial charge in [-0.15, -0.1) is 6.42 Å². The first kappa shape index (κ1) is 15.4. The van der Waals surface area contributed by atoms with Gasteiger partial charge in [0, 0.05) is 0 Å². The number of aliphatic hydroxyl groups excluding tert-OH is 2. The summed E-state index contributed by atoms with van der Waals surface area (Å²) in [6.45, 7) is 1.34. The van der Waals surface area contributed by atoms with Gasteiger partial charge in [0.15, 0.2) is 11.8 Å². The minimum atomic E-state index is -1.88. The Labute approximate surface area is 118 Å². The van der Waals surface area contributed by atoms with E-state index >= 15 is 0 Å². The zero-order valence-corrected chi connectivity index (χ0v) is 11.0. The van der Waals surface area contributed by atoms with Crippen molar-refractivity contribution in [3.63, 3.8) is 0 Å². The van der Waals surface area contributed by atoms with Crippen molar-refractivity contribution in [3.8, 4) is 12.3 Å². The molecule has 114 valence electrons. The molecule has 0 spiro atoms. The average molecular weight is 299 g/mol. The Kier molecular flexibility index (Phi) is 3.73. The summed E-state index contributed by atoms with van der Waals surface area (Å²) in [5.41, 5.74) is 1.78. The van der Waals surface area contributed by atoms with Gasteiger partial charge < -0.3 is 20.7 Å². The van der Waals surface area contributed by atoms with Crippen LogP contribution in [0.25, 0.3) is 0 Å². The Morgan fingerprint density at radius 2 is 2.29 bits per heavy atom. The number of ether oxygens (including phenoxy) is 1. The number of nitrogens with one attached hydrogen (secondary N) is 1. The van der Waals surface area contributed by atoms with Gasteiger partial charge in [-0.1, -0.05) is 5.92 Å². The molecule has 1 unspecified atom stereocenters. The lowest BCUT2D eigenvalue weighted by Gasteiger charge is -2.27. The molecule has 5 N–H and O–H groups in total. The number of hydrogen-bond donors (Lipinski definition) is 4. The first-order chi connectivity index (χ1) is 9.72. The quantitative estimate of drug-likeness (QED) is 0.452. The van der Waals surface area contributed by atoms with Crippen LogP contribution in [0.2, 0.25) is 0 Å². The number of aromatic nitrogens is 2. The van der Waals surface area contributed by atoms with E-state index in [1.54, 1.807) is 4.98 Å². The van der Waals surface area contributed by atoms with Crippen molar-refractivity contribution in [2.75, 3.05) is 0 Å². The lowest BCUT2D eigenvalue weighted by Crippen LogP contribution is -2.55. The predicted molar refractivity (Wildman–Crippen MR) is 68.6 cm³/mol. The van der Waals surface area contributed by atoms with Gasteiger partial charge in [-0.2, -0.15) is 4.39 Å². The van der Waals surface area contributed by atoms with Crippen LogP contribution in [0.3, 0.4) is 0 Å². The minimum absolute atomic E-state index is 0.585. The van der Waals surface area contributed by atoms with Gasteiger partial charge in [0.1, 0.15) is 12.2 Å². The van der Waals surface area contributed by atoms with Crippen molar-refractivity contribution in [2.24, 2.45) is 5.73 Å². The lowest BCUT2D eigenvalue weighted by molar-refractivity contribution is -0.0781. The second-order valence-electron chi connectivity index (χ2n) is 4.86. The van der Waals surface area contributed by atoms with Crippen LogP contribution in [-0.4, -0.2) is 43.6 Å². The van der Waals surface area contributed by atoms with Crippen LogP contribution >= 0.6 is 0 Å². The molecular formula is C12H14FN3O5. The number of H-pyrrole nitrogens is 1. The standard InChI is InChI=1S/C12H14FN3O5/c1-3-12(14)8(18)7(5(2)17)21-10(12)16-4-6(13)9(19)15-11(16)20/h1,4-5,7-8,10,17-18H,14H2,2H3,(H,15,19,20)/t5-,7+,8?,10+,12+/m0/s1. The van der Waals surface area contributed by atoms with Crippen LogP contribution in [0.1, 0.15) is 13.2 Å². The molecule has 0 aromatic carbocycles. The molecule has 1 aliphatic rings. The predicted octanol–water partition coefficient (Wildman–Crippen LogP) is -2.35. The van der Waals surface area contributed by atoms with Gasteiger partial charge in [0.2, 0.25) is 5.82 Å². The largest absolute Gasteiger partial charge is 0.391 e. The molecule has 0 radical (unpaired) electrons. The third kappa shape index (κ3) is 2.28. The number of nitrogens with zero attached hydrogens (tertiary/aromatic N) is 1. The molecule has 0 bridgehead atoms. The smallest absolute Gasteiger partial charge is 0.330 e. The molecule has 21 heavy (non-hydrogen) atoms. The zero-order chi connectivity index (χ0) is 15.9. The Hall–Kier alpha value is -1.99. The number of nitrogens with two attached hydrogens (primary N) is 1. The maximum atomic E-state index is 13.4. The molecule has 1 fully saturated rings. The van der Waals surface area contributed by atoms with E-state index in [0.717, 1.165) is 0 Å². The molecule has 9 heteroatoms. The second-order valence-corrected chi connectivity index (χ2v) is 4.86. The number of aliphatic hydroxyl groups is 2. The summed E-state index contributed by atoms with van der Waals surface area (Å²) in [4.78, 5) is 24.5. The monoisotopic (exact) mass is 299 g/mol.